The van der Waals surface area contributed by atoms with Crippen molar-refractivity contribution in [3.8, 4) is 11.1 Å². The van der Waals surface area contributed by atoms with Crippen LogP contribution in [0.2, 0.25) is 5.28 Å². The maximum absolute atomic E-state index is 6.25. The van der Waals surface area contributed by atoms with Crippen LogP contribution in [0.5, 0.6) is 0 Å². The first-order valence-corrected chi connectivity index (χ1v) is 10.7. The van der Waals surface area contributed by atoms with E-state index in [4.69, 9.17) is 11.6 Å². The summed E-state index contributed by atoms with van der Waals surface area (Å²) in [5.41, 5.74) is 3.80. The molecule has 0 bridgehead atoms. The van der Waals surface area contributed by atoms with Gasteiger partial charge >= 0.3 is 0 Å². The molecule has 4 rings (SSSR count). The van der Waals surface area contributed by atoms with Gasteiger partial charge in [-0.05, 0) is 41.5 Å². The zero-order valence-corrected chi connectivity index (χ0v) is 16.9. The Balaban J connectivity index is 1.83. The van der Waals surface area contributed by atoms with Crippen molar-refractivity contribution in [2.75, 3.05) is 18.0 Å². The standard InChI is InChI=1S/C21H24ClN3S/c1-14(2)15-7-9-16(10-8-15)17-13-26-20-18(17)19(23-21(22)24-20)25-11-5-3-4-6-12-25/h7-10,13-14H,3-6,11-12H2,1-2H3. The molecule has 3 heterocycles. The van der Waals surface area contributed by atoms with E-state index in [1.54, 1.807) is 11.3 Å². The molecule has 26 heavy (non-hydrogen) atoms. The van der Waals surface area contributed by atoms with Gasteiger partial charge < -0.3 is 4.90 Å². The third kappa shape index (κ3) is 3.45. The summed E-state index contributed by atoms with van der Waals surface area (Å²) in [6.45, 7) is 6.54. The van der Waals surface area contributed by atoms with Crippen LogP contribution >= 0.6 is 22.9 Å². The van der Waals surface area contributed by atoms with Crippen molar-refractivity contribution in [3.05, 3.63) is 40.5 Å². The Morgan fingerprint density at radius 3 is 2.35 bits per heavy atom. The Bertz CT molecular complexity index is 894. The van der Waals surface area contributed by atoms with E-state index in [1.807, 2.05) is 0 Å². The van der Waals surface area contributed by atoms with Crippen LogP contribution in [0, 0.1) is 0 Å². The zero-order chi connectivity index (χ0) is 18.1. The highest BCUT2D eigenvalue weighted by molar-refractivity contribution is 7.17. The molecule has 1 aliphatic heterocycles. The van der Waals surface area contributed by atoms with E-state index in [1.165, 1.54) is 42.4 Å². The van der Waals surface area contributed by atoms with Crippen LogP contribution in [0.4, 0.5) is 5.82 Å². The summed E-state index contributed by atoms with van der Waals surface area (Å²) in [7, 11) is 0. The minimum absolute atomic E-state index is 0.348. The Morgan fingerprint density at radius 2 is 1.69 bits per heavy atom. The smallest absolute Gasteiger partial charge is 0.225 e. The number of rotatable bonds is 3. The van der Waals surface area contributed by atoms with Crippen LogP contribution in [0.1, 0.15) is 51.0 Å². The van der Waals surface area contributed by atoms with E-state index < -0.39 is 0 Å². The number of benzene rings is 1. The van der Waals surface area contributed by atoms with Crippen molar-refractivity contribution in [3.63, 3.8) is 0 Å². The minimum Gasteiger partial charge on any atom is -0.356 e. The van der Waals surface area contributed by atoms with Gasteiger partial charge in [-0.15, -0.1) is 11.3 Å². The van der Waals surface area contributed by atoms with Crippen LogP contribution in [0.25, 0.3) is 21.3 Å². The lowest BCUT2D eigenvalue weighted by Crippen LogP contribution is -2.25. The van der Waals surface area contributed by atoms with Gasteiger partial charge in [0, 0.05) is 24.0 Å². The largest absolute Gasteiger partial charge is 0.356 e. The quantitative estimate of drug-likeness (QED) is 0.481. The van der Waals surface area contributed by atoms with E-state index in [-0.39, 0.29) is 0 Å². The fraction of sp³-hybridized carbons (Fsp3) is 0.429. The van der Waals surface area contributed by atoms with Crippen LogP contribution in [-0.2, 0) is 0 Å². The number of halogens is 1. The monoisotopic (exact) mass is 385 g/mol. The van der Waals surface area contributed by atoms with Gasteiger partial charge in [0.1, 0.15) is 10.6 Å². The van der Waals surface area contributed by atoms with Gasteiger partial charge in [-0.2, -0.15) is 4.98 Å². The van der Waals surface area contributed by atoms with Crippen LogP contribution in [-0.4, -0.2) is 23.1 Å². The van der Waals surface area contributed by atoms with Gasteiger partial charge in [0.25, 0.3) is 0 Å². The van der Waals surface area contributed by atoms with Gasteiger partial charge in [-0.3, -0.25) is 0 Å². The van der Waals surface area contributed by atoms with Crippen molar-refractivity contribution in [2.45, 2.75) is 45.4 Å². The summed E-state index contributed by atoms with van der Waals surface area (Å²) in [5.74, 6) is 1.55. The Labute approximate surface area is 164 Å². The predicted octanol–water partition coefficient (Wildman–Crippen LogP) is 6.52. The number of aromatic nitrogens is 2. The average molecular weight is 386 g/mol. The molecule has 1 aliphatic rings. The van der Waals surface area contributed by atoms with Gasteiger partial charge in [-0.25, -0.2) is 4.98 Å². The van der Waals surface area contributed by atoms with E-state index in [0.717, 1.165) is 29.1 Å². The first-order chi connectivity index (χ1) is 12.6. The maximum Gasteiger partial charge on any atom is 0.225 e. The second-order valence-corrected chi connectivity index (χ2v) is 8.52. The second kappa shape index (κ2) is 7.53. The number of nitrogens with zero attached hydrogens (tertiary/aromatic N) is 3. The number of hydrogen-bond acceptors (Lipinski definition) is 4. The highest BCUT2D eigenvalue weighted by Crippen LogP contribution is 2.39. The average Bonchev–Trinajstić information content (AvgIpc) is 2.87. The van der Waals surface area contributed by atoms with E-state index in [0.29, 0.717) is 11.2 Å². The summed E-state index contributed by atoms with van der Waals surface area (Å²) in [5, 5.41) is 3.69. The summed E-state index contributed by atoms with van der Waals surface area (Å²) in [6, 6.07) is 8.90. The zero-order valence-electron chi connectivity index (χ0n) is 15.3. The fourth-order valence-corrected chi connectivity index (χ4v) is 4.83. The third-order valence-electron chi connectivity index (χ3n) is 5.18. The molecule has 0 saturated carbocycles. The number of anilines is 1. The van der Waals surface area contributed by atoms with Gasteiger partial charge in [0.2, 0.25) is 5.28 Å². The van der Waals surface area contributed by atoms with Crippen molar-refractivity contribution >= 4 is 39.0 Å². The molecule has 3 aromatic rings. The van der Waals surface area contributed by atoms with Crippen molar-refractivity contribution in [1.29, 1.82) is 0 Å². The Kier molecular flexibility index (Phi) is 5.14. The fourth-order valence-electron chi connectivity index (χ4n) is 3.67. The number of fused-ring (bicyclic) bond motifs is 1. The van der Waals surface area contributed by atoms with E-state index in [9.17, 15) is 0 Å². The third-order valence-corrected chi connectivity index (χ3v) is 6.22. The van der Waals surface area contributed by atoms with Crippen molar-refractivity contribution in [1.82, 2.24) is 9.97 Å². The highest BCUT2D eigenvalue weighted by Gasteiger charge is 2.20. The molecule has 1 aromatic carbocycles. The van der Waals surface area contributed by atoms with Crippen molar-refractivity contribution < 1.29 is 0 Å². The van der Waals surface area contributed by atoms with Crippen LogP contribution in [0.3, 0.4) is 0 Å². The molecule has 1 saturated heterocycles. The molecule has 0 radical (unpaired) electrons. The second-order valence-electron chi connectivity index (χ2n) is 7.32. The number of thiophene rings is 1. The maximum atomic E-state index is 6.25. The van der Waals surface area contributed by atoms with Crippen LogP contribution in [0.15, 0.2) is 29.6 Å². The predicted molar refractivity (Wildman–Crippen MR) is 113 cm³/mol. The highest BCUT2D eigenvalue weighted by atomic mass is 35.5. The lowest BCUT2D eigenvalue weighted by molar-refractivity contribution is 0.726. The molecule has 0 atom stereocenters. The number of hydrogen-bond donors (Lipinski definition) is 0. The Morgan fingerprint density at radius 1 is 1.00 bits per heavy atom. The lowest BCUT2D eigenvalue weighted by atomic mass is 9.99. The molecule has 0 N–H and O–H groups in total. The lowest BCUT2D eigenvalue weighted by Gasteiger charge is -2.22. The van der Waals surface area contributed by atoms with Gasteiger partial charge in [0.05, 0.1) is 5.39 Å². The summed E-state index contributed by atoms with van der Waals surface area (Å²) < 4.78 is 0. The molecular weight excluding hydrogens is 362 g/mol. The van der Waals surface area contributed by atoms with Gasteiger partial charge in [0.15, 0.2) is 0 Å². The van der Waals surface area contributed by atoms with Crippen molar-refractivity contribution in [2.24, 2.45) is 0 Å². The SMILES string of the molecule is CC(C)c1ccc(-c2csc3nc(Cl)nc(N4CCCCCC4)c23)cc1. The summed E-state index contributed by atoms with van der Waals surface area (Å²) >= 11 is 7.91. The normalized spacial score (nSPS) is 15.6. The van der Waals surface area contributed by atoms with Gasteiger partial charge in [-0.1, -0.05) is 51.0 Å². The van der Waals surface area contributed by atoms with E-state index >= 15 is 0 Å². The topological polar surface area (TPSA) is 29.0 Å². The molecule has 5 heteroatoms. The first kappa shape index (κ1) is 17.7. The summed E-state index contributed by atoms with van der Waals surface area (Å²) in [6.07, 6.45) is 5.02. The molecule has 3 nitrogen and oxygen atoms in total. The molecule has 0 unspecified atom stereocenters. The molecule has 0 spiro atoms. The van der Waals surface area contributed by atoms with E-state index in [2.05, 4.69) is 58.4 Å². The Hall–Kier alpha value is -1.65. The molecule has 0 aliphatic carbocycles. The molecule has 1 fully saturated rings. The van der Waals surface area contributed by atoms with Crippen LogP contribution < -0.4 is 4.90 Å². The minimum atomic E-state index is 0.348. The molecular formula is C21H24ClN3S. The molecule has 136 valence electrons. The first-order valence-electron chi connectivity index (χ1n) is 9.43. The molecule has 2 aromatic heterocycles. The summed E-state index contributed by atoms with van der Waals surface area (Å²) in [4.78, 5) is 12.5. The molecule has 0 amide bonds.